The number of benzene rings is 2. The predicted molar refractivity (Wildman–Crippen MR) is 115 cm³/mol. The lowest BCUT2D eigenvalue weighted by atomic mass is 9.79. The van der Waals surface area contributed by atoms with Crippen LogP contribution in [0.3, 0.4) is 0 Å². The van der Waals surface area contributed by atoms with E-state index in [4.69, 9.17) is 4.74 Å². The first kappa shape index (κ1) is 18.8. The van der Waals surface area contributed by atoms with Crippen molar-refractivity contribution in [2.24, 2.45) is 5.41 Å². The highest BCUT2D eigenvalue weighted by atomic mass is 16.5. The van der Waals surface area contributed by atoms with Crippen molar-refractivity contribution in [3.8, 4) is 34.8 Å². The molecule has 2 nitrogen and oxygen atoms in total. The summed E-state index contributed by atoms with van der Waals surface area (Å²) in [6.45, 7) is 11.2. The summed E-state index contributed by atoms with van der Waals surface area (Å²) in [5.41, 5.74) is 5.51. The molecule has 1 aliphatic heterocycles. The van der Waals surface area contributed by atoms with Gasteiger partial charge in [0.2, 0.25) is 0 Å². The number of hydrogen-bond donors (Lipinski definition) is 1. The van der Waals surface area contributed by atoms with Gasteiger partial charge in [-0.3, -0.25) is 5.32 Å². The lowest BCUT2D eigenvalue weighted by molar-refractivity contribution is 0.0982. The van der Waals surface area contributed by atoms with Crippen LogP contribution in [0.25, 0.3) is 11.1 Å². The molecule has 28 heavy (non-hydrogen) atoms. The van der Waals surface area contributed by atoms with Crippen LogP contribution in [0, 0.1) is 29.1 Å². The molecule has 0 amide bonds. The average molecular weight is 370 g/mol. The van der Waals surface area contributed by atoms with Crippen LogP contribution in [0.4, 0.5) is 0 Å². The smallest absolute Gasteiger partial charge is 0.143 e. The van der Waals surface area contributed by atoms with Gasteiger partial charge < -0.3 is 4.74 Å². The lowest BCUT2D eigenvalue weighted by Gasteiger charge is -2.26. The van der Waals surface area contributed by atoms with Gasteiger partial charge in [0.15, 0.2) is 0 Å². The van der Waals surface area contributed by atoms with Crippen LogP contribution in [-0.4, -0.2) is 12.6 Å². The van der Waals surface area contributed by atoms with Gasteiger partial charge in [-0.25, -0.2) is 0 Å². The van der Waals surface area contributed by atoms with E-state index in [9.17, 15) is 0 Å². The van der Waals surface area contributed by atoms with Crippen molar-refractivity contribution >= 4 is 0 Å². The Hall–Kier alpha value is -2.52. The van der Waals surface area contributed by atoms with Gasteiger partial charge in [-0.2, -0.15) is 0 Å². The highest BCUT2D eigenvalue weighted by Crippen LogP contribution is 2.49. The molecule has 4 rings (SSSR count). The number of hydrogen-bond acceptors (Lipinski definition) is 2. The molecule has 1 N–H and O–H groups in total. The van der Waals surface area contributed by atoms with E-state index in [1.165, 1.54) is 22.3 Å². The van der Waals surface area contributed by atoms with Gasteiger partial charge in [-0.1, -0.05) is 69.0 Å². The summed E-state index contributed by atoms with van der Waals surface area (Å²) in [5.74, 6) is 13.1. The second-order valence-corrected chi connectivity index (χ2v) is 8.65. The molecule has 2 aliphatic rings. The maximum atomic E-state index is 6.12. The Morgan fingerprint density at radius 3 is 2.29 bits per heavy atom. The fraction of sp³-hybridized carbons (Fsp3) is 0.385. The van der Waals surface area contributed by atoms with Gasteiger partial charge in [-0.15, -0.1) is 11.8 Å². The molecule has 0 saturated carbocycles. The Bertz CT molecular complexity index is 1020. The van der Waals surface area contributed by atoms with Crippen LogP contribution in [0.2, 0.25) is 0 Å². The zero-order valence-electron chi connectivity index (χ0n) is 17.3. The topological polar surface area (TPSA) is 21.3 Å². The van der Waals surface area contributed by atoms with Gasteiger partial charge in [0.1, 0.15) is 11.6 Å². The normalized spacial score (nSPS) is 21.8. The fourth-order valence-corrected chi connectivity index (χ4v) is 4.30. The Kier molecular flexibility index (Phi) is 4.59. The quantitative estimate of drug-likeness (QED) is 0.712. The van der Waals surface area contributed by atoms with Crippen LogP contribution in [-0.2, 0) is 10.2 Å². The maximum Gasteiger partial charge on any atom is 0.143 e. The van der Waals surface area contributed by atoms with Gasteiger partial charge >= 0.3 is 0 Å². The first-order valence-electron chi connectivity index (χ1n) is 9.90. The molecule has 2 aromatic rings. The largest absolute Gasteiger partial charge is 0.357 e. The van der Waals surface area contributed by atoms with Crippen molar-refractivity contribution < 1.29 is 4.74 Å². The second kappa shape index (κ2) is 6.82. The molecule has 142 valence electrons. The summed E-state index contributed by atoms with van der Waals surface area (Å²) in [5, 5.41) is 3.66. The standard InChI is InChI=1S/C26H27NO/c1-6-14-26(15-7-2)21-11-9-8-10-19(21)20-13-12-18(16-22(20)26)24-27-23(17-28-24)25(3,4)5/h8-13,16,23-24,27H,17H2,1-5H3/t23-,24+/m1/s1. The Balaban J connectivity index is 1.83. The number of nitrogens with one attached hydrogen (secondary N) is 1. The molecule has 0 radical (unpaired) electrons. The van der Waals surface area contributed by atoms with Gasteiger partial charge in [-0.05, 0) is 53.1 Å². The molecule has 1 fully saturated rings. The first-order valence-corrected chi connectivity index (χ1v) is 9.90. The highest BCUT2D eigenvalue weighted by Gasteiger charge is 2.42. The van der Waals surface area contributed by atoms with Crippen LogP contribution < -0.4 is 5.32 Å². The average Bonchev–Trinajstić information content (AvgIpc) is 3.26. The third kappa shape index (κ3) is 2.85. The Morgan fingerprint density at radius 1 is 0.964 bits per heavy atom. The minimum atomic E-state index is -0.576. The summed E-state index contributed by atoms with van der Waals surface area (Å²) < 4.78 is 6.12. The highest BCUT2D eigenvalue weighted by molar-refractivity contribution is 5.86. The summed E-state index contributed by atoms with van der Waals surface area (Å²) in [6, 6.07) is 15.4. The maximum absolute atomic E-state index is 6.12. The summed E-state index contributed by atoms with van der Waals surface area (Å²) in [6.07, 6.45) is -0.0971. The zero-order valence-corrected chi connectivity index (χ0v) is 17.3. The zero-order chi connectivity index (χ0) is 19.9. The molecule has 0 unspecified atom stereocenters. The summed E-state index contributed by atoms with van der Waals surface area (Å²) in [7, 11) is 0. The molecule has 1 aliphatic carbocycles. The van der Waals surface area contributed by atoms with Gasteiger partial charge in [0.25, 0.3) is 0 Å². The van der Waals surface area contributed by atoms with Gasteiger partial charge in [0.05, 0.1) is 6.61 Å². The van der Waals surface area contributed by atoms with Crippen LogP contribution >= 0.6 is 0 Å². The first-order chi connectivity index (χ1) is 13.4. The monoisotopic (exact) mass is 369 g/mol. The van der Waals surface area contributed by atoms with Crippen LogP contribution in [0.5, 0.6) is 0 Å². The van der Waals surface area contributed by atoms with E-state index >= 15 is 0 Å². The molecular formula is C26H27NO. The van der Waals surface area contributed by atoms with Crippen molar-refractivity contribution in [1.82, 2.24) is 5.32 Å². The van der Waals surface area contributed by atoms with Crippen molar-refractivity contribution in [3.05, 3.63) is 59.2 Å². The van der Waals surface area contributed by atoms with Crippen molar-refractivity contribution in [1.29, 1.82) is 0 Å². The number of ether oxygens (including phenoxy) is 1. The van der Waals surface area contributed by atoms with E-state index < -0.39 is 5.41 Å². The molecule has 2 atom stereocenters. The minimum absolute atomic E-state index is 0.0971. The number of fused-ring (bicyclic) bond motifs is 3. The predicted octanol–water partition coefficient (Wildman–Crippen LogP) is 5.03. The molecular weight excluding hydrogens is 342 g/mol. The van der Waals surface area contributed by atoms with E-state index in [2.05, 4.69) is 92.2 Å². The lowest BCUT2D eigenvalue weighted by Crippen LogP contribution is -2.37. The van der Waals surface area contributed by atoms with Crippen LogP contribution in [0.1, 0.15) is 57.5 Å². The second-order valence-electron chi connectivity index (χ2n) is 8.65. The van der Waals surface area contributed by atoms with Crippen molar-refractivity contribution in [3.63, 3.8) is 0 Å². The van der Waals surface area contributed by atoms with E-state index in [1.54, 1.807) is 0 Å². The third-order valence-corrected chi connectivity index (χ3v) is 5.82. The molecule has 1 saturated heterocycles. The molecule has 2 heteroatoms. The third-order valence-electron chi connectivity index (χ3n) is 5.82. The van der Waals surface area contributed by atoms with Crippen molar-refractivity contribution in [2.45, 2.75) is 52.3 Å². The summed E-state index contributed by atoms with van der Waals surface area (Å²) in [4.78, 5) is 0. The molecule has 0 bridgehead atoms. The Morgan fingerprint density at radius 2 is 1.64 bits per heavy atom. The summed E-state index contributed by atoms with van der Waals surface area (Å²) >= 11 is 0. The van der Waals surface area contributed by atoms with Gasteiger partial charge in [0, 0.05) is 6.04 Å². The minimum Gasteiger partial charge on any atom is -0.357 e. The number of rotatable bonds is 1. The van der Waals surface area contributed by atoms with Crippen LogP contribution in [0.15, 0.2) is 42.5 Å². The Labute approximate surface area is 168 Å². The van der Waals surface area contributed by atoms with E-state index in [1.807, 2.05) is 13.8 Å². The van der Waals surface area contributed by atoms with E-state index in [0.29, 0.717) is 6.04 Å². The molecule has 1 heterocycles. The van der Waals surface area contributed by atoms with E-state index in [0.717, 1.165) is 12.2 Å². The fourth-order valence-electron chi connectivity index (χ4n) is 4.30. The van der Waals surface area contributed by atoms with Crippen molar-refractivity contribution in [2.75, 3.05) is 6.61 Å². The molecule has 0 aromatic heterocycles. The molecule has 0 spiro atoms. The molecule has 2 aromatic carbocycles. The SMILES string of the molecule is CC#CC1(C#CC)c2ccccc2-c2ccc([C@H]3N[C@@H](C(C)(C)C)CO3)cc21. The van der Waals surface area contributed by atoms with E-state index in [-0.39, 0.29) is 11.6 Å².